The molecule has 0 aromatic carbocycles. The molecule has 0 amide bonds. The van der Waals surface area contributed by atoms with E-state index >= 15 is 0 Å². The Labute approximate surface area is 94.6 Å². The second kappa shape index (κ2) is 4.06. The minimum absolute atomic E-state index is 0.651. The normalized spacial score (nSPS) is 12.8. The molecule has 0 fully saturated rings. The van der Waals surface area contributed by atoms with Gasteiger partial charge < -0.3 is 5.11 Å². The van der Waals surface area contributed by atoms with Crippen LogP contribution in [0.3, 0.4) is 0 Å². The number of rotatable bonds is 2. The first kappa shape index (κ1) is 10.8. The number of hydrogen-bond acceptors (Lipinski definition) is 3. The van der Waals surface area contributed by atoms with Gasteiger partial charge in [0.1, 0.15) is 6.10 Å². The van der Waals surface area contributed by atoms with E-state index in [9.17, 15) is 5.11 Å². The first-order chi connectivity index (χ1) is 7.58. The molecular weight excluding hydrogens is 202 g/mol. The van der Waals surface area contributed by atoms with Crippen LogP contribution in [0.5, 0.6) is 0 Å². The summed E-state index contributed by atoms with van der Waals surface area (Å²) in [6.45, 7) is 3.84. The van der Waals surface area contributed by atoms with Crippen molar-refractivity contribution < 1.29 is 5.11 Å². The molecule has 16 heavy (non-hydrogen) atoms. The van der Waals surface area contributed by atoms with Crippen LogP contribution in [0, 0.1) is 13.8 Å². The van der Waals surface area contributed by atoms with Crippen LogP contribution in [0.2, 0.25) is 0 Å². The fraction of sp³-hybridized carbons (Fsp3) is 0.333. The fourth-order valence-electron chi connectivity index (χ4n) is 1.75. The van der Waals surface area contributed by atoms with Gasteiger partial charge in [-0.3, -0.25) is 9.67 Å². The Balaban J connectivity index is 2.37. The van der Waals surface area contributed by atoms with Gasteiger partial charge in [0.05, 0.1) is 6.20 Å². The smallest absolute Gasteiger partial charge is 0.109 e. The molecule has 0 saturated heterocycles. The molecule has 0 aliphatic carbocycles. The summed E-state index contributed by atoms with van der Waals surface area (Å²) >= 11 is 0. The molecule has 0 bridgehead atoms. The second-order valence-electron chi connectivity index (χ2n) is 3.98. The lowest BCUT2D eigenvalue weighted by molar-refractivity contribution is 0.219. The van der Waals surface area contributed by atoms with Gasteiger partial charge in [-0.2, -0.15) is 5.10 Å². The van der Waals surface area contributed by atoms with E-state index in [-0.39, 0.29) is 0 Å². The third-order valence-electron chi connectivity index (χ3n) is 2.60. The Morgan fingerprint density at radius 2 is 2.06 bits per heavy atom. The summed E-state index contributed by atoms with van der Waals surface area (Å²) in [5.41, 5.74) is 3.44. The predicted octanol–water partition coefficient (Wildman–Crippen LogP) is 1.51. The van der Waals surface area contributed by atoms with Gasteiger partial charge in [0, 0.05) is 35.8 Å². The first-order valence-corrected chi connectivity index (χ1v) is 5.18. The number of nitrogens with zero attached hydrogens (tertiary/aromatic N) is 3. The maximum absolute atomic E-state index is 10.2. The summed E-state index contributed by atoms with van der Waals surface area (Å²) in [4.78, 5) is 4.34. The second-order valence-corrected chi connectivity index (χ2v) is 3.98. The Morgan fingerprint density at radius 1 is 1.31 bits per heavy atom. The van der Waals surface area contributed by atoms with Crippen LogP contribution in [0.15, 0.2) is 24.5 Å². The van der Waals surface area contributed by atoms with Crippen molar-refractivity contribution in [3.63, 3.8) is 0 Å². The molecule has 0 aliphatic heterocycles. The molecule has 0 aliphatic rings. The Morgan fingerprint density at radius 3 is 2.62 bits per heavy atom. The quantitative estimate of drug-likeness (QED) is 0.829. The van der Waals surface area contributed by atoms with Crippen molar-refractivity contribution in [3.8, 4) is 0 Å². The molecule has 0 spiro atoms. The van der Waals surface area contributed by atoms with Crippen LogP contribution < -0.4 is 0 Å². The van der Waals surface area contributed by atoms with Crippen molar-refractivity contribution in [1.29, 1.82) is 0 Å². The standard InChI is InChI=1S/C12H15N3O/c1-8-4-5-11(9(2)14-8)12(16)10-6-13-15(3)7-10/h4-7,12,16H,1-3H3. The molecule has 0 saturated carbocycles. The minimum atomic E-state index is -0.651. The Bertz CT molecular complexity index is 505. The van der Waals surface area contributed by atoms with Crippen molar-refractivity contribution >= 4 is 0 Å². The van der Waals surface area contributed by atoms with Crippen LogP contribution >= 0.6 is 0 Å². The van der Waals surface area contributed by atoms with E-state index in [0.717, 1.165) is 22.5 Å². The van der Waals surface area contributed by atoms with Gasteiger partial charge in [-0.15, -0.1) is 0 Å². The molecule has 84 valence electrons. The highest BCUT2D eigenvalue weighted by molar-refractivity contribution is 5.30. The lowest BCUT2D eigenvalue weighted by atomic mass is 10.0. The molecular formula is C12H15N3O. The number of aryl methyl sites for hydroxylation is 3. The van der Waals surface area contributed by atoms with E-state index in [4.69, 9.17) is 0 Å². The van der Waals surface area contributed by atoms with Crippen molar-refractivity contribution in [2.24, 2.45) is 7.05 Å². The molecule has 2 heterocycles. The SMILES string of the molecule is Cc1ccc(C(O)c2cnn(C)c2)c(C)n1. The largest absolute Gasteiger partial charge is 0.383 e. The molecule has 0 radical (unpaired) electrons. The molecule has 2 aromatic rings. The minimum Gasteiger partial charge on any atom is -0.383 e. The van der Waals surface area contributed by atoms with Crippen molar-refractivity contribution in [3.05, 3.63) is 47.0 Å². The van der Waals surface area contributed by atoms with Gasteiger partial charge in [0.25, 0.3) is 0 Å². The summed E-state index contributed by atoms with van der Waals surface area (Å²) in [6, 6.07) is 3.82. The highest BCUT2D eigenvalue weighted by Crippen LogP contribution is 2.23. The van der Waals surface area contributed by atoms with E-state index in [1.54, 1.807) is 10.9 Å². The summed E-state index contributed by atoms with van der Waals surface area (Å²) in [7, 11) is 1.83. The van der Waals surface area contributed by atoms with Crippen LogP contribution in [0.4, 0.5) is 0 Å². The fourth-order valence-corrected chi connectivity index (χ4v) is 1.75. The van der Waals surface area contributed by atoms with Crippen LogP contribution in [-0.4, -0.2) is 19.9 Å². The van der Waals surface area contributed by atoms with Gasteiger partial charge in [-0.05, 0) is 19.9 Å². The highest BCUT2D eigenvalue weighted by atomic mass is 16.3. The van der Waals surface area contributed by atoms with Crippen LogP contribution in [-0.2, 0) is 7.05 Å². The lowest BCUT2D eigenvalue weighted by Crippen LogP contribution is -2.03. The Hall–Kier alpha value is -1.68. The van der Waals surface area contributed by atoms with Crippen molar-refractivity contribution in [2.75, 3.05) is 0 Å². The van der Waals surface area contributed by atoms with E-state index in [1.165, 1.54) is 0 Å². The first-order valence-electron chi connectivity index (χ1n) is 5.18. The monoisotopic (exact) mass is 217 g/mol. The van der Waals surface area contributed by atoms with E-state index in [0.29, 0.717) is 0 Å². The van der Waals surface area contributed by atoms with Crippen molar-refractivity contribution in [1.82, 2.24) is 14.8 Å². The number of aliphatic hydroxyl groups excluding tert-OH is 1. The summed E-state index contributed by atoms with van der Waals surface area (Å²) in [5.74, 6) is 0. The maximum Gasteiger partial charge on any atom is 0.109 e. The molecule has 1 N–H and O–H groups in total. The number of pyridine rings is 1. The summed E-state index contributed by atoms with van der Waals surface area (Å²) < 4.78 is 1.68. The lowest BCUT2D eigenvalue weighted by Gasteiger charge is -2.11. The van der Waals surface area contributed by atoms with Crippen LogP contribution in [0.25, 0.3) is 0 Å². The summed E-state index contributed by atoms with van der Waals surface area (Å²) in [5, 5.41) is 14.2. The van der Waals surface area contributed by atoms with Gasteiger partial charge in [0.15, 0.2) is 0 Å². The zero-order valence-corrected chi connectivity index (χ0v) is 9.68. The zero-order valence-electron chi connectivity index (χ0n) is 9.68. The van der Waals surface area contributed by atoms with Gasteiger partial charge >= 0.3 is 0 Å². The number of aromatic nitrogens is 3. The summed E-state index contributed by atoms with van der Waals surface area (Å²) in [6.07, 6.45) is 2.83. The number of aliphatic hydroxyl groups is 1. The van der Waals surface area contributed by atoms with E-state index in [1.807, 2.05) is 39.2 Å². The van der Waals surface area contributed by atoms with Crippen LogP contribution in [0.1, 0.15) is 28.6 Å². The molecule has 2 aromatic heterocycles. The van der Waals surface area contributed by atoms with E-state index in [2.05, 4.69) is 10.1 Å². The Kier molecular flexibility index (Phi) is 2.75. The average molecular weight is 217 g/mol. The molecule has 1 unspecified atom stereocenters. The average Bonchev–Trinajstić information content (AvgIpc) is 2.64. The topological polar surface area (TPSA) is 50.9 Å². The van der Waals surface area contributed by atoms with E-state index < -0.39 is 6.10 Å². The van der Waals surface area contributed by atoms with Gasteiger partial charge in [-0.25, -0.2) is 0 Å². The van der Waals surface area contributed by atoms with Crippen molar-refractivity contribution in [2.45, 2.75) is 20.0 Å². The highest BCUT2D eigenvalue weighted by Gasteiger charge is 2.14. The third-order valence-corrected chi connectivity index (χ3v) is 2.60. The zero-order chi connectivity index (χ0) is 11.7. The molecule has 2 rings (SSSR count). The van der Waals surface area contributed by atoms with Gasteiger partial charge in [-0.1, -0.05) is 6.07 Å². The molecule has 1 atom stereocenters. The predicted molar refractivity (Wildman–Crippen MR) is 61.0 cm³/mol. The molecule has 4 nitrogen and oxygen atoms in total. The molecule has 4 heteroatoms. The third kappa shape index (κ3) is 1.97. The number of hydrogen-bond donors (Lipinski definition) is 1. The maximum atomic E-state index is 10.2. The van der Waals surface area contributed by atoms with Gasteiger partial charge in [0.2, 0.25) is 0 Å².